The standard InChI is InChI=1S/C19H17ClN2O3/c1-12(23)14-4-8-16(9-5-14)21-17-10-18(24)22(19(17)25)11-13-2-6-15(20)7-3-13/h2-9,17,21H,10-11H2,1H3/t17-/m0/s1. The zero-order valence-corrected chi connectivity index (χ0v) is 14.4. The fraction of sp³-hybridized carbons (Fsp3) is 0.211. The molecule has 1 fully saturated rings. The van der Waals surface area contributed by atoms with Gasteiger partial charge in [-0.1, -0.05) is 23.7 Å². The Morgan fingerprint density at radius 1 is 1.12 bits per heavy atom. The quantitative estimate of drug-likeness (QED) is 0.659. The second kappa shape index (κ2) is 7.07. The van der Waals surface area contributed by atoms with Gasteiger partial charge in [0.25, 0.3) is 5.91 Å². The minimum Gasteiger partial charge on any atom is -0.373 e. The van der Waals surface area contributed by atoms with Gasteiger partial charge >= 0.3 is 0 Å². The number of anilines is 1. The molecule has 0 saturated carbocycles. The van der Waals surface area contributed by atoms with Crippen molar-refractivity contribution in [3.05, 3.63) is 64.7 Å². The molecule has 2 aromatic rings. The maximum absolute atomic E-state index is 12.5. The summed E-state index contributed by atoms with van der Waals surface area (Å²) in [6.07, 6.45) is 0.112. The van der Waals surface area contributed by atoms with Crippen LogP contribution in [0.3, 0.4) is 0 Å². The molecule has 3 rings (SSSR count). The third-order valence-corrected chi connectivity index (χ3v) is 4.38. The zero-order valence-electron chi connectivity index (χ0n) is 13.7. The number of hydrogen-bond donors (Lipinski definition) is 1. The summed E-state index contributed by atoms with van der Waals surface area (Å²) in [5.41, 5.74) is 2.14. The van der Waals surface area contributed by atoms with Crippen molar-refractivity contribution in [2.75, 3.05) is 5.32 Å². The van der Waals surface area contributed by atoms with Crippen LogP contribution in [0.15, 0.2) is 48.5 Å². The minimum absolute atomic E-state index is 0.0205. The monoisotopic (exact) mass is 356 g/mol. The first-order chi connectivity index (χ1) is 11.9. The predicted molar refractivity (Wildman–Crippen MR) is 95.5 cm³/mol. The van der Waals surface area contributed by atoms with Crippen LogP contribution in [0.4, 0.5) is 5.69 Å². The van der Waals surface area contributed by atoms with Gasteiger partial charge in [-0.3, -0.25) is 19.3 Å². The Bertz CT molecular complexity index is 816. The highest BCUT2D eigenvalue weighted by atomic mass is 35.5. The number of carbonyl (C=O) groups is 3. The number of benzene rings is 2. The van der Waals surface area contributed by atoms with E-state index in [-0.39, 0.29) is 30.6 Å². The first-order valence-corrected chi connectivity index (χ1v) is 8.28. The molecule has 1 saturated heterocycles. The van der Waals surface area contributed by atoms with Gasteiger partial charge < -0.3 is 5.32 Å². The molecule has 0 aliphatic carbocycles. The van der Waals surface area contributed by atoms with E-state index in [0.29, 0.717) is 16.3 Å². The molecule has 0 spiro atoms. The van der Waals surface area contributed by atoms with Gasteiger partial charge in [0.15, 0.2) is 5.78 Å². The van der Waals surface area contributed by atoms with Crippen LogP contribution in [0.5, 0.6) is 0 Å². The van der Waals surface area contributed by atoms with Crippen molar-refractivity contribution < 1.29 is 14.4 Å². The third-order valence-electron chi connectivity index (χ3n) is 4.13. The van der Waals surface area contributed by atoms with E-state index >= 15 is 0 Å². The van der Waals surface area contributed by atoms with Gasteiger partial charge in [-0.2, -0.15) is 0 Å². The molecule has 1 atom stereocenters. The second-order valence-corrected chi connectivity index (χ2v) is 6.42. The molecule has 1 heterocycles. The Morgan fingerprint density at radius 2 is 1.76 bits per heavy atom. The van der Waals surface area contributed by atoms with Crippen molar-refractivity contribution in [1.29, 1.82) is 0 Å². The fourth-order valence-electron chi connectivity index (χ4n) is 2.74. The number of amides is 2. The second-order valence-electron chi connectivity index (χ2n) is 5.98. The number of rotatable bonds is 5. The molecular weight excluding hydrogens is 340 g/mol. The number of carbonyl (C=O) groups excluding carboxylic acids is 3. The summed E-state index contributed by atoms with van der Waals surface area (Å²) >= 11 is 5.85. The van der Waals surface area contributed by atoms with Gasteiger partial charge in [0.1, 0.15) is 6.04 Å². The van der Waals surface area contributed by atoms with Gasteiger partial charge in [0, 0.05) is 16.3 Å². The van der Waals surface area contributed by atoms with Crippen molar-refractivity contribution in [2.24, 2.45) is 0 Å². The highest BCUT2D eigenvalue weighted by Gasteiger charge is 2.38. The van der Waals surface area contributed by atoms with E-state index in [1.807, 2.05) is 0 Å². The van der Waals surface area contributed by atoms with Crippen LogP contribution in [0, 0.1) is 0 Å². The number of nitrogens with one attached hydrogen (secondary N) is 1. The number of hydrogen-bond acceptors (Lipinski definition) is 4. The van der Waals surface area contributed by atoms with Gasteiger partial charge in [-0.15, -0.1) is 0 Å². The fourth-order valence-corrected chi connectivity index (χ4v) is 2.86. The van der Waals surface area contributed by atoms with E-state index in [1.54, 1.807) is 48.5 Å². The summed E-state index contributed by atoms with van der Waals surface area (Å²) in [7, 11) is 0. The Hall–Kier alpha value is -2.66. The molecule has 2 amide bonds. The summed E-state index contributed by atoms with van der Waals surface area (Å²) < 4.78 is 0. The number of halogens is 1. The van der Waals surface area contributed by atoms with E-state index < -0.39 is 6.04 Å². The number of imide groups is 1. The Labute approximate surface area is 150 Å². The average molecular weight is 357 g/mol. The molecule has 1 N–H and O–H groups in total. The predicted octanol–water partition coefficient (Wildman–Crippen LogP) is 3.28. The van der Waals surface area contributed by atoms with Crippen LogP contribution in [0.25, 0.3) is 0 Å². The maximum Gasteiger partial charge on any atom is 0.252 e. The lowest BCUT2D eigenvalue weighted by molar-refractivity contribution is -0.139. The van der Waals surface area contributed by atoms with Crippen LogP contribution in [-0.4, -0.2) is 28.5 Å². The average Bonchev–Trinajstić information content (AvgIpc) is 2.85. The first kappa shape index (κ1) is 17.2. The van der Waals surface area contributed by atoms with E-state index in [0.717, 1.165) is 5.56 Å². The highest BCUT2D eigenvalue weighted by Crippen LogP contribution is 2.21. The van der Waals surface area contributed by atoms with Crippen molar-refractivity contribution in [3.8, 4) is 0 Å². The molecule has 0 radical (unpaired) electrons. The van der Waals surface area contributed by atoms with Gasteiger partial charge in [0.05, 0.1) is 13.0 Å². The SMILES string of the molecule is CC(=O)c1ccc(N[C@H]2CC(=O)N(Cc3ccc(Cl)cc3)C2=O)cc1. The zero-order chi connectivity index (χ0) is 18.0. The summed E-state index contributed by atoms with van der Waals surface area (Å²) in [6.45, 7) is 1.73. The molecule has 0 bridgehead atoms. The third kappa shape index (κ3) is 3.88. The van der Waals surface area contributed by atoms with Crippen LogP contribution in [0.1, 0.15) is 29.3 Å². The van der Waals surface area contributed by atoms with Crippen molar-refractivity contribution in [3.63, 3.8) is 0 Å². The molecule has 2 aromatic carbocycles. The lowest BCUT2D eigenvalue weighted by atomic mass is 10.1. The van der Waals surface area contributed by atoms with Crippen LogP contribution in [0.2, 0.25) is 5.02 Å². The molecule has 1 aliphatic heterocycles. The summed E-state index contributed by atoms with van der Waals surface area (Å²) in [5, 5.41) is 3.68. The number of likely N-dealkylation sites (tertiary alicyclic amines) is 1. The molecule has 5 nitrogen and oxygen atoms in total. The van der Waals surface area contributed by atoms with Gasteiger partial charge in [-0.25, -0.2) is 0 Å². The lowest BCUT2D eigenvalue weighted by Gasteiger charge is -2.16. The minimum atomic E-state index is -0.594. The lowest BCUT2D eigenvalue weighted by Crippen LogP contribution is -2.34. The summed E-state index contributed by atoms with van der Waals surface area (Å²) in [5.74, 6) is -0.485. The van der Waals surface area contributed by atoms with Crippen molar-refractivity contribution >= 4 is 34.9 Å². The Morgan fingerprint density at radius 3 is 2.36 bits per heavy atom. The largest absolute Gasteiger partial charge is 0.373 e. The first-order valence-electron chi connectivity index (χ1n) is 7.90. The molecule has 128 valence electrons. The van der Waals surface area contributed by atoms with Crippen LogP contribution in [-0.2, 0) is 16.1 Å². The molecule has 0 aromatic heterocycles. The van der Waals surface area contributed by atoms with E-state index in [1.165, 1.54) is 11.8 Å². The van der Waals surface area contributed by atoms with Crippen molar-refractivity contribution in [2.45, 2.75) is 25.9 Å². The maximum atomic E-state index is 12.5. The van der Waals surface area contributed by atoms with Crippen LogP contribution < -0.4 is 5.32 Å². The van der Waals surface area contributed by atoms with Gasteiger partial charge in [0.2, 0.25) is 5.91 Å². The van der Waals surface area contributed by atoms with Gasteiger partial charge in [-0.05, 0) is 48.9 Å². The number of nitrogens with zero attached hydrogens (tertiary/aromatic N) is 1. The molecule has 6 heteroatoms. The highest BCUT2D eigenvalue weighted by molar-refractivity contribution is 6.30. The summed E-state index contributed by atoms with van der Waals surface area (Å²) in [4.78, 5) is 37.3. The molecule has 25 heavy (non-hydrogen) atoms. The molecule has 0 unspecified atom stereocenters. The summed E-state index contributed by atoms with van der Waals surface area (Å²) in [6, 6.07) is 13.3. The van der Waals surface area contributed by atoms with Crippen LogP contribution >= 0.6 is 11.6 Å². The Kier molecular flexibility index (Phi) is 4.86. The van der Waals surface area contributed by atoms with E-state index in [9.17, 15) is 14.4 Å². The number of Topliss-reactive ketones (excluding diaryl/α,β-unsaturated/α-hetero) is 1. The molecular formula is C19H17ClN2O3. The Balaban J connectivity index is 1.68. The van der Waals surface area contributed by atoms with Crippen molar-refractivity contribution in [1.82, 2.24) is 4.90 Å². The normalized spacial score (nSPS) is 17.0. The smallest absolute Gasteiger partial charge is 0.252 e. The number of ketones is 1. The van der Waals surface area contributed by atoms with E-state index in [2.05, 4.69) is 5.32 Å². The van der Waals surface area contributed by atoms with E-state index in [4.69, 9.17) is 11.6 Å². The molecule has 1 aliphatic rings. The topological polar surface area (TPSA) is 66.5 Å².